The second kappa shape index (κ2) is 9.49. The summed E-state index contributed by atoms with van der Waals surface area (Å²) in [7, 11) is 1.55. The molecule has 0 fully saturated rings. The van der Waals surface area contributed by atoms with Gasteiger partial charge in [-0.1, -0.05) is 42.5 Å². The summed E-state index contributed by atoms with van der Waals surface area (Å²) in [5.74, 6) is 1.000. The Morgan fingerprint density at radius 2 is 1.90 bits per heavy atom. The van der Waals surface area contributed by atoms with Gasteiger partial charge in [0, 0.05) is 5.39 Å². The summed E-state index contributed by atoms with van der Waals surface area (Å²) >= 11 is 3.51. The molecule has 156 valence electrons. The number of carbonyl (C=O) groups excluding carboxylic acids is 1. The Hall–Kier alpha value is -3.58. The van der Waals surface area contributed by atoms with Crippen LogP contribution >= 0.6 is 15.9 Å². The largest absolute Gasteiger partial charge is 0.493 e. The number of rotatable bonds is 7. The topological polar surface area (TPSA) is 73.1 Å². The first kappa shape index (κ1) is 20.7. The van der Waals surface area contributed by atoms with Gasteiger partial charge in [-0.3, -0.25) is 4.79 Å². The van der Waals surface area contributed by atoms with Crippen LogP contribution in [0.15, 0.2) is 86.8 Å². The highest BCUT2D eigenvalue weighted by Crippen LogP contribution is 2.28. The summed E-state index contributed by atoms with van der Waals surface area (Å²) in [6.45, 7) is 0.477. The predicted molar refractivity (Wildman–Crippen MR) is 123 cm³/mol. The second-order valence-electron chi connectivity index (χ2n) is 6.65. The number of hydrogen-bond donors (Lipinski definition) is 1. The molecular formula is C24H19BrN2O4. The van der Waals surface area contributed by atoms with Crippen LogP contribution in [0.2, 0.25) is 0 Å². The molecule has 0 saturated heterocycles. The molecule has 0 saturated carbocycles. The van der Waals surface area contributed by atoms with Crippen LogP contribution in [0, 0.1) is 0 Å². The predicted octanol–water partition coefficient (Wildman–Crippen LogP) is 5.55. The number of hydrogen-bond acceptors (Lipinski definition) is 5. The van der Waals surface area contributed by atoms with Crippen molar-refractivity contribution >= 4 is 39.0 Å². The number of nitrogens with zero attached hydrogens (tertiary/aromatic N) is 1. The van der Waals surface area contributed by atoms with Crippen LogP contribution in [0.1, 0.15) is 21.7 Å². The first-order chi connectivity index (χ1) is 15.1. The molecule has 1 N–H and O–H groups in total. The quantitative estimate of drug-likeness (QED) is 0.279. The van der Waals surface area contributed by atoms with Gasteiger partial charge in [-0.05, 0) is 57.4 Å². The van der Waals surface area contributed by atoms with E-state index in [2.05, 4.69) is 26.5 Å². The van der Waals surface area contributed by atoms with Crippen LogP contribution in [0.4, 0.5) is 0 Å². The van der Waals surface area contributed by atoms with E-state index in [1.165, 1.54) is 0 Å². The first-order valence-corrected chi connectivity index (χ1v) is 10.3. The van der Waals surface area contributed by atoms with Gasteiger partial charge < -0.3 is 13.9 Å². The molecule has 0 aliphatic heterocycles. The number of benzene rings is 3. The van der Waals surface area contributed by atoms with Crippen LogP contribution in [0.3, 0.4) is 0 Å². The van der Waals surface area contributed by atoms with Crippen LogP contribution in [-0.2, 0) is 6.61 Å². The van der Waals surface area contributed by atoms with Gasteiger partial charge in [0.15, 0.2) is 17.1 Å². The summed E-state index contributed by atoms with van der Waals surface area (Å²) in [5.41, 5.74) is 4.88. The van der Waals surface area contributed by atoms with Gasteiger partial charge >= 0.3 is 5.91 Å². The van der Waals surface area contributed by atoms with Crippen LogP contribution in [0.25, 0.3) is 11.0 Å². The van der Waals surface area contributed by atoms with Crippen molar-refractivity contribution in [1.29, 1.82) is 0 Å². The molecule has 31 heavy (non-hydrogen) atoms. The third-order valence-electron chi connectivity index (χ3n) is 4.52. The lowest BCUT2D eigenvalue weighted by Crippen LogP contribution is -2.16. The second-order valence-corrected chi connectivity index (χ2v) is 7.51. The minimum Gasteiger partial charge on any atom is -0.493 e. The number of furan rings is 1. The zero-order chi connectivity index (χ0) is 21.6. The molecule has 7 heteroatoms. The monoisotopic (exact) mass is 478 g/mol. The number of halogens is 1. The lowest BCUT2D eigenvalue weighted by molar-refractivity contribution is 0.0929. The average Bonchev–Trinajstić information content (AvgIpc) is 3.24. The molecule has 0 radical (unpaired) electrons. The van der Waals surface area contributed by atoms with Crippen molar-refractivity contribution in [3.8, 4) is 11.5 Å². The van der Waals surface area contributed by atoms with Gasteiger partial charge in [0.2, 0.25) is 0 Å². The number of para-hydroxylation sites is 1. The fraction of sp³-hybridized carbons (Fsp3) is 0.0833. The van der Waals surface area contributed by atoms with Gasteiger partial charge in [-0.25, -0.2) is 5.43 Å². The molecule has 1 heterocycles. The molecule has 0 aliphatic carbocycles. The van der Waals surface area contributed by atoms with E-state index in [1.807, 2.05) is 60.7 Å². The molecule has 3 aromatic carbocycles. The molecule has 4 aromatic rings. The standard InChI is InChI=1S/C24H19BrN2O4/c1-29-21-9-5-8-18-13-22(31-23(18)21)24(28)27-26-14-17-10-11-20(19(25)12-17)30-15-16-6-3-2-4-7-16/h2-14H,15H2,1H3,(H,27,28)/b26-14-. The number of hydrazone groups is 1. The smallest absolute Gasteiger partial charge is 0.307 e. The summed E-state index contributed by atoms with van der Waals surface area (Å²) < 4.78 is 17.5. The highest BCUT2D eigenvalue weighted by molar-refractivity contribution is 9.10. The molecule has 1 aromatic heterocycles. The fourth-order valence-electron chi connectivity index (χ4n) is 2.98. The van der Waals surface area contributed by atoms with Gasteiger partial charge in [0.25, 0.3) is 0 Å². The maximum Gasteiger partial charge on any atom is 0.307 e. The maximum absolute atomic E-state index is 12.4. The molecule has 0 bridgehead atoms. The molecule has 6 nitrogen and oxygen atoms in total. The van der Waals surface area contributed by atoms with Crippen molar-refractivity contribution < 1.29 is 18.7 Å². The number of fused-ring (bicyclic) bond motifs is 1. The van der Waals surface area contributed by atoms with Crippen molar-refractivity contribution in [1.82, 2.24) is 5.43 Å². The first-order valence-electron chi connectivity index (χ1n) is 9.50. The van der Waals surface area contributed by atoms with E-state index >= 15 is 0 Å². The zero-order valence-electron chi connectivity index (χ0n) is 16.7. The van der Waals surface area contributed by atoms with E-state index < -0.39 is 5.91 Å². The van der Waals surface area contributed by atoms with Crippen molar-refractivity contribution in [2.75, 3.05) is 7.11 Å². The highest BCUT2D eigenvalue weighted by atomic mass is 79.9. The van der Waals surface area contributed by atoms with Crippen LogP contribution < -0.4 is 14.9 Å². The molecule has 4 rings (SSSR count). The third-order valence-corrected chi connectivity index (χ3v) is 5.14. The van der Waals surface area contributed by atoms with E-state index in [9.17, 15) is 4.79 Å². The van der Waals surface area contributed by atoms with Gasteiger partial charge in [0.05, 0.1) is 17.8 Å². The minimum atomic E-state index is -0.448. The molecule has 0 spiro atoms. The Balaban J connectivity index is 1.38. The van der Waals surface area contributed by atoms with Crippen LogP contribution in [0.5, 0.6) is 11.5 Å². The Kier molecular flexibility index (Phi) is 6.33. The molecular weight excluding hydrogens is 460 g/mol. The maximum atomic E-state index is 12.4. The fourth-order valence-corrected chi connectivity index (χ4v) is 3.49. The number of nitrogens with one attached hydrogen (secondary N) is 1. The zero-order valence-corrected chi connectivity index (χ0v) is 18.3. The average molecular weight is 479 g/mol. The summed E-state index contributed by atoms with van der Waals surface area (Å²) in [6.07, 6.45) is 1.55. The molecule has 0 aliphatic rings. The summed E-state index contributed by atoms with van der Waals surface area (Å²) in [5, 5.41) is 4.80. The molecule has 0 atom stereocenters. The Bertz CT molecular complexity index is 1240. The Morgan fingerprint density at radius 3 is 2.68 bits per heavy atom. The van der Waals surface area contributed by atoms with Crippen LogP contribution in [-0.4, -0.2) is 19.2 Å². The van der Waals surface area contributed by atoms with E-state index in [4.69, 9.17) is 13.9 Å². The molecule has 0 unspecified atom stereocenters. The molecule has 1 amide bonds. The van der Waals surface area contributed by atoms with Gasteiger partial charge in [0.1, 0.15) is 12.4 Å². The number of carbonyl (C=O) groups is 1. The minimum absolute atomic E-state index is 0.155. The highest BCUT2D eigenvalue weighted by Gasteiger charge is 2.14. The number of methoxy groups -OCH3 is 1. The normalized spacial score (nSPS) is 11.0. The Labute approximate surface area is 187 Å². The van der Waals surface area contributed by atoms with E-state index in [1.54, 1.807) is 25.5 Å². The van der Waals surface area contributed by atoms with Gasteiger partial charge in [-0.2, -0.15) is 5.10 Å². The van der Waals surface area contributed by atoms with Crippen molar-refractivity contribution in [2.45, 2.75) is 6.61 Å². The van der Waals surface area contributed by atoms with Crippen molar-refractivity contribution in [2.24, 2.45) is 5.10 Å². The summed E-state index contributed by atoms with van der Waals surface area (Å²) in [4.78, 5) is 12.4. The van der Waals surface area contributed by atoms with E-state index in [-0.39, 0.29) is 5.76 Å². The summed E-state index contributed by atoms with van der Waals surface area (Å²) in [6, 6.07) is 22.6. The third kappa shape index (κ3) is 4.95. The van der Waals surface area contributed by atoms with Gasteiger partial charge in [-0.15, -0.1) is 0 Å². The van der Waals surface area contributed by atoms with Crippen molar-refractivity contribution in [3.05, 3.63) is 94.2 Å². The Morgan fingerprint density at radius 1 is 1.06 bits per heavy atom. The van der Waals surface area contributed by atoms with Crippen molar-refractivity contribution in [3.63, 3.8) is 0 Å². The van der Waals surface area contributed by atoms with E-state index in [0.717, 1.165) is 26.7 Å². The number of ether oxygens (including phenoxy) is 2. The lowest BCUT2D eigenvalue weighted by Gasteiger charge is -2.08. The number of amides is 1. The SMILES string of the molecule is COc1cccc2cc(C(=O)N/N=C\c3ccc(OCc4ccccc4)c(Br)c3)oc12. The lowest BCUT2D eigenvalue weighted by atomic mass is 10.2. The van der Waals surface area contributed by atoms with E-state index in [0.29, 0.717) is 17.9 Å².